The van der Waals surface area contributed by atoms with Crippen LogP contribution in [-0.4, -0.2) is 62.3 Å². The van der Waals surface area contributed by atoms with Gasteiger partial charge in [-0.15, -0.1) is 0 Å². The minimum Gasteiger partial charge on any atom is -0.497 e. The van der Waals surface area contributed by atoms with Gasteiger partial charge in [0.05, 0.1) is 14.2 Å². The number of likely N-dealkylation sites (tertiary alicyclic amines) is 1. The molecule has 1 atom stereocenters. The summed E-state index contributed by atoms with van der Waals surface area (Å²) in [6, 6.07) is 13.5. The lowest BCUT2D eigenvalue weighted by molar-refractivity contribution is -0.121. The summed E-state index contributed by atoms with van der Waals surface area (Å²) < 4.78 is 10.3. The van der Waals surface area contributed by atoms with E-state index in [0.717, 1.165) is 44.5 Å². The standard InChI is InChI=1S/C28H36N2O5/c1-34-23-14-10-21(11-15-23)26(31)8-4-3-5-9-27(32)29-25(20-30-18-6-7-19-30)28(33)22-12-16-24(35-2)17-13-22/h10-17,25H,3-9,18-20H2,1-2H3,(H,29,32)/t25-/m1/s1. The number of nitrogens with one attached hydrogen (secondary N) is 1. The normalized spacial score (nSPS) is 14.3. The first-order valence-corrected chi connectivity index (χ1v) is 12.4. The summed E-state index contributed by atoms with van der Waals surface area (Å²) in [5.41, 5.74) is 1.23. The molecule has 1 aliphatic heterocycles. The summed E-state index contributed by atoms with van der Waals surface area (Å²) in [5.74, 6) is 1.29. The van der Waals surface area contributed by atoms with Crippen molar-refractivity contribution in [2.45, 2.75) is 51.0 Å². The third kappa shape index (κ3) is 8.21. The summed E-state index contributed by atoms with van der Waals surface area (Å²) in [6.45, 7) is 2.42. The van der Waals surface area contributed by atoms with Crippen molar-refractivity contribution in [2.24, 2.45) is 0 Å². The predicted octanol–water partition coefficient (Wildman–Crippen LogP) is 4.30. The van der Waals surface area contributed by atoms with Gasteiger partial charge in [-0.25, -0.2) is 0 Å². The Balaban J connectivity index is 1.45. The summed E-state index contributed by atoms with van der Waals surface area (Å²) in [7, 11) is 3.18. The summed E-state index contributed by atoms with van der Waals surface area (Å²) in [4.78, 5) is 40.4. The number of Topliss-reactive ketones (excluding diaryl/α,β-unsaturated/α-hetero) is 2. The van der Waals surface area contributed by atoms with Crippen molar-refractivity contribution >= 4 is 17.5 Å². The Kier molecular flexibility index (Phi) is 10.3. The molecule has 0 saturated carbocycles. The Morgan fingerprint density at radius 1 is 0.800 bits per heavy atom. The number of methoxy groups -OCH3 is 2. The van der Waals surface area contributed by atoms with Gasteiger partial charge < -0.3 is 19.7 Å². The molecule has 1 saturated heterocycles. The molecule has 7 heteroatoms. The van der Waals surface area contributed by atoms with E-state index >= 15 is 0 Å². The lowest BCUT2D eigenvalue weighted by Crippen LogP contribution is -2.48. The fourth-order valence-electron chi connectivity index (χ4n) is 4.31. The second-order valence-electron chi connectivity index (χ2n) is 8.93. The van der Waals surface area contributed by atoms with Crippen molar-refractivity contribution in [1.29, 1.82) is 0 Å². The van der Waals surface area contributed by atoms with Gasteiger partial charge in [0.2, 0.25) is 5.91 Å². The molecule has 2 aromatic rings. The zero-order valence-electron chi connectivity index (χ0n) is 20.8. The van der Waals surface area contributed by atoms with Crippen LogP contribution in [0.1, 0.15) is 65.7 Å². The first-order chi connectivity index (χ1) is 17.0. The molecule has 35 heavy (non-hydrogen) atoms. The molecular weight excluding hydrogens is 444 g/mol. The molecule has 0 bridgehead atoms. The van der Waals surface area contributed by atoms with E-state index in [9.17, 15) is 14.4 Å². The first kappa shape index (κ1) is 26.4. The van der Waals surface area contributed by atoms with Gasteiger partial charge in [-0.05, 0) is 87.3 Å². The fourth-order valence-corrected chi connectivity index (χ4v) is 4.31. The molecule has 0 radical (unpaired) electrons. The van der Waals surface area contributed by atoms with Crippen LogP contribution in [0.4, 0.5) is 0 Å². The monoisotopic (exact) mass is 480 g/mol. The van der Waals surface area contributed by atoms with Gasteiger partial charge in [0.15, 0.2) is 11.6 Å². The van der Waals surface area contributed by atoms with E-state index in [2.05, 4.69) is 10.2 Å². The second kappa shape index (κ2) is 13.6. The van der Waals surface area contributed by atoms with Crippen LogP contribution >= 0.6 is 0 Å². The van der Waals surface area contributed by atoms with Crippen LogP contribution in [-0.2, 0) is 4.79 Å². The van der Waals surface area contributed by atoms with Crippen LogP contribution in [0, 0.1) is 0 Å². The zero-order valence-corrected chi connectivity index (χ0v) is 20.8. The quantitative estimate of drug-likeness (QED) is 0.321. The highest BCUT2D eigenvalue weighted by molar-refractivity contribution is 6.02. The molecule has 1 N–H and O–H groups in total. The van der Waals surface area contributed by atoms with Gasteiger partial charge in [0, 0.05) is 30.5 Å². The average Bonchev–Trinajstić information content (AvgIpc) is 3.41. The minimum absolute atomic E-state index is 0.0852. The molecule has 188 valence electrons. The Morgan fingerprint density at radius 3 is 1.91 bits per heavy atom. The second-order valence-corrected chi connectivity index (χ2v) is 8.93. The Hall–Kier alpha value is -3.19. The topological polar surface area (TPSA) is 84.9 Å². The minimum atomic E-state index is -0.578. The van der Waals surface area contributed by atoms with Gasteiger partial charge >= 0.3 is 0 Å². The molecule has 1 heterocycles. The molecule has 1 amide bonds. The highest BCUT2D eigenvalue weighted by atomic mass is 16.5. The summed E-state index contributed by atoms with van der Waals surface area (Å²) in [5, 5.41) is 2.97. The van der Waals surface area contributed by atoms with Gasteiger partial charge in [-0.3, -0.25) is 14.4 Å². The lowest BCUT2D eigenvalue weighted by atomic mass is 10.0. The van der Waals surface area contributed by atoms with Gasteiger partial charge in [-0.2, -0.15) is 0 Å². The van der Waals surface area contributed by atoms with Crippen molar-refractivity contribution in [1.82, 2.24) is 10.2 Å². The maximum Gasteiger partial charge on any atom is 0.220 e. The molecule has 7 nitrogen and oxygen atoms in total. The number of rotatable bonds is 14. The van der Waals surface area contributed by atoms with Crippen LogP contribution in [0.15, 0.2) is 48.5 Å². The Bertz CT molecular complexity index is 966. The van der Waals surface area contributed by atoms with Crippen molar-refractivity contribution in [2.75, 3.05) is 33.9 Å². The number of amides is 1. The lowest BCUT2D eigenvalue weighted by Gasteiger charge is -2.23. The molecule has 1 aliphatic rings. The molecule has 3 rings (SSSR count). The number of carbonyl (C=O) groups excluding carboxylic acids is 3. The van der Waals surface area contributed by atoms with Crippen LogP contribution in [0.3, 0.4) is 0 Å². The van der Waals surface area contributed by atoms with Gasteiger partial charge in [-0.1, -0.05) is 6.42 Å². The smallest absolute Gasteiger partial charge is 0.220 e. The maximum atomic E-state index is 13.2. The van der Waals surface area contributed by atoms with Crippen LogP contribution < -0.4 is 14.8 Å². The number of hydrogen-bond acceptors (Lipinski definition) is 6. The third-order valence-electron chi connectivity index (χ3n) is 6.39. The number of carbonyl (C=O) groups is 3. The van der Waals surface area contributed by atoms with Crippen molar-refractivity contribution < 1.29 is 23.9 Å². The predicted molar refractivity (Wildman–Crippen MR) is 135 cm³/mol. The van der Waals surface area contributed by atoms with Gasteiger partial charge in [0.1, 0.15) is 17.5 Å². The van der Waals surface area contributed by atoms with E-state index in [4.69, 9.17) is 9.47 Å². The van der Waals surface area contributed by atoms with E-state index in [1.807, 2.05) is 0 Å². The van der Waals surface area contributed by atoms with Crippen LogP contribution in [0.25, 0.3) is 0 Å². The van der Waals surface area contributed by atoms with Crippen molar-refractivity contribution in [3.63, 3.8) is 0 Å². The van der Waals surface area contributed by atoms with Gasteiger partial charge in [0.25, 0.3) is 0 Å². The number of nitrogens with zero attached hydrogens (tertiary/aromatic N) is 1. The number of ketones is 2. The zero-order chi connectivity index (χ0) is 25.0. The van der Waals surface area contributed by atoms with E-state index < -0.39 is 6.04 Å². The largest absolute Gasteiger partial charge is 0.497 e. The fraction of sp³-hybridized carbons (Fsp3) is 0.464. The molecule has 0 unspecified atom stereocenters. The van der Waals surface area contributed by atoms with E-state index in [-0.39, 0.29) is 17.5 Å². The third-order valence-corrected chi connectivity index (χ3v) is 6.39. The van der Waals surface area contributed by atoms with E-state index in [1.54, 1.807) is 62.8 Å². The highest BCUT2D eigenvalue weighted by Gasteiger charge is 2.26. The number of benzene rings is 2. The Labute approximate surface area is 207 Å². The van der Waals surface area contributed by atoms with E-state index in [1.165, 1.54) is 0 Å². The molecule has 0 spiro atoms. The SMILES string of the molecule is COc1ccc(C(=O)CCCCCC(=O)N[C@H](CN2CCCC2)C(=O)c2ccc(OC)cc2)cc1. The highest BCUT2D eigenvalue weighted by Crippen LogP contribution is 2.16. The first-order valence-electron chi connectivity index (χ1n) is 12.4. The number of ether oxygens (including phenoxy) is 2. The van der Waals surface area contributed by atoms with Crippen LogP contribution in [0.5, 0.6) is 11.5 Å². The molecule has 0 aromatic heterocycles. The summed E-state index contributed by atoms with van der Waals surface area (Å²) >= 11 is 0. The van der Waals surface area contributed by atoms with Crippen molar-refractivity contribution in [3.05, 3.63) is 59.7 Å². The molecule has 2 aromatic carbocycles. The average molecular weight is 481 g/mol. The summed E-state index contributed by atoms with van der Waals surface area (Å²) in [6.07, 6.45) is 5.19. The number of unbranched alkanes of at least 4 members (excludes halogenated alkanes) is 2. The maximum absolute atomic E-state index is 13.2. The van der Waals surface area contributed by atoms with E-state index in [0.29, 0.717) is 42.7 Å². The molecule has 0 aliphatic carbocycles. The Morgan fingerprint density at radius 2 is 1.34 bits per heavy atom. The number of hydrogen-bond donors (Lipinski definition) is 1. The molecular formula is C28H36N2O5. The molecule has 1 fully saturated rings. The van der Waals surface area contributed by atoms with Crippen LogP contribution in [0.2, 0.25) is 0 Å². The van der Waals surface area contributed by atoms with Crippen molar-refractivity contribution in [3.8, 4) is 11.5 Å².